The van der Waals surface area contributed by atoms with E-state index >= 15 is 0 Å². The molecule has 0 spiro atoms. The number of nitrogens with zero attached hydrogens (tertiary/aromatic N) is 2. The zero-order valence-corrected chi connectivity index (χ0v) is 29.7. The van der Waals surface area contributed by atoms with Gasteiger partial charge in [0.15, 0.2) is 5.96 Å². The third-order valence-corrected chi connectivity index (χ3v) is 8.95. The largest absolute Gasteiger partial charge is 0.487 e. The Morgan fingerprint density at radius 1 is 1.04 bits per heavy atom. The molecule has 2 aromatic carbocycles. The molecule has 4 atom stereocenters. The number of aliphatic hydroxyl groups is 1. The molecule has 0 aliphatic carbocycles. The van der Waals surface area contributed by atoms with Gasteiger partial charge in [-0.1, -0.05) is 66.2 Å². The van der Waals surface area contributed by atoms with E-state index in [4.69, 9.17) is 15.2 Å². The van der Waals surface area contributed by atoms with E-state index in [0.29, 0.717) is 34.6 Å². The molecular weight excluding hydrogens is 580 g/mol. The number of ether oxygens (including phenoxy) is 2. The lowest BCUT2D eigenvalue weighted by atomic mass is 9.84. The van der Waals surface area contributed by atoms with Crippen LogP contribution in [0.5, 0.6) is 11.5 Å². The molecule has 0 radical (unpaired) electrons. The summed E-state index contributed by atoms with van der Waals surface area (Å²) < 4.78 is 12.4. The number of nitrogens with two attached hydrogens (primary N) is 1. The van der Waals surface area contributed by atoms with Crippen LogP contribution in [-0.4, -0.2) is 50.6 Å². The lowest BCUT2D eigenvalue weighted by molar-refractivity contribution is -0.132. The van der Waals surface area contributed by atoms with Crippen LogP contribution >= 0.6 is 0 Å². The summed E-state index contributed by atoms with van der Waals surface area (Å²) in [6.45, 7) is 22.1. The first-order valence-electron chi connectivity index (χ1n) is 16.8. The van der Waals surface area contributed by atoms with Gasteiger partial charge in [0.1, 0.15) is 28.8 Å². The Bertz CT molecular complexity index is 1420. The van der Waals surface area contributed by atoms with Crippen molar-refractivity contribution in [3.63, 3.8) is 0 Å². The molecule has 3 heterocycles. The highest BCUT2D eigenvalue weighted by Gasteiger charge is 2.46. The predicted molar refractivity (Wildman–Crippen MR) is 184 cm³/mol. The predicted octanol–water partition coefficient (Wildman–Crippen LogP) is 7.09. The number of hydrogen-bond acceptors (Lipinski definition) is 7. The average molecular weight is 637 g/mol. The van der Waals surface area contributed by atoms with Gasteiger partial charge in [-0.15, -0.1) is 0 Å². The molecule has 0 saturated heterocycles. The van der Waals surface area contributed by atoms with Crippen LogP contribution in [0.4, 0.5) is 0 Å². The van der Waals surface area contributed by atoms with Gasteiger partial charge in [-0.05, 0) is 71.2 Å². The SMILES string of the molecule is CC.CCC(C)C.CCC1(C)CC(N2C(=O)CC(C)(C)N=C2N)c2cc(C(=O)NC3c4ccccc4OC(C)(C)[C@H]3O)ccc2O1. The van der Waals surface area contributed by atoms with Crippen molar-refractivity contribution in [2.75, 3.05) is 0 Å². The molecule has 9 nitrogen and oxygen atoms in total. The molecule has 3 unspecified atom stereocenters. The maximum Gasteiger partial charge on any atom is 0.251 e. The zero-order valence-electron chi connectivity index (χ0n) is 29.7. The van der Waals surface area contributed by atoms with E-state index in [1.807, 2.05) is 65.8 Å². The maximum atomic E-state index is 13.6. The number of benzene rings is 2. The summed E-state index contributed by atoms with van der Waals surface area (Å²) in [6.07, 6.45) is 1.80. The fourth-order valence-corrected chi connectivity index (χ4v) is 5.76. The summed E-state index contributed by atoms with van der Waals surface area (Å²) in [7, 11) is 0. The molecule has 5 rings (SSSR count). The van der Waals surface area contributed by atoms with Crippen molar-refractivity contribution in [2.45, 2.75) is 137 Å². The Kier molecular flexibility index (Phi) is 11.6. The van der Waals surface area contributed by atoms with E-state index in [0.717, 1.165) is 12.3 Å². The highest BCUT2D eigenvalue weighted by molar-refractivity contribution is 6.00. The highest BCUT2D eigenvalue weighted by atomic mass is 16.5. The minimum absolute atomic E-state index is 0.108. The van der Waals surface area contributed by atoms with Gasteiger partial charge in [-0.2, -0.15) is 0 Å². The monoisotopic (exact) mass is 636 g/mol. The van der Waals surface area contributed by atoms with E-state index in [-0.39, 0.29) is 24.2 Å². The Balaban J connectivity index is 0.000000752. The number of guanidine groups is 1. The first-order chi connectivity index (χ1) is 21.5. The summed E-state index contributed by atoms with van der Waals surface area (Å²) in [5.41, 5.74) is 6.17. The fraction of sp³-hybridized carbons (Fsp3) is 0.595. The van der Waals surface area contributed by atoms with Gasteiger partial charge in [0, 0.05) is 23.1 Å². The average Bonchev–Trinajstić information content (AvgIpc) is 2.99. The minimum Gasteiger partial charge on any atom is -0.487 e. The van der Waals surface area contributed by atoms with Gasteiger partial charge in [0.2, 0.25) is 5.91 Å². The summed E-state index contributed by atoms with van der Waals surface area (Å²) in [5, 5.41) is 14.1. The Morgan fingerprint density at radius 2 is 1.65 bits per heavy atom. The molecule has 4 N–H and O–H groups in total. The van der Waals surface area contributed by atoms with Crippen LogP contribution in [0.3, 0.4) is 0 Å². The Hall–Kier alpha value is -3.59. The van der Waals surface area contributed by atoms with Crippen LogP contribution in [0.15, 0.2) is 47.5 Å². The topological polar surface area (TPSA) is 126 Å². The molecule has 0 fully saturated rings. The molecule has 3 aliphatic heterocycles. The second-order valence-electron chi connectivity index (χ2n) is 14.0. The molecule has 3 aliphatic rings. The smallest absolute Gasteiger partial charge is 0.251 e. The zero-order chi connectivity index (χ0) is 34.6. The molecular formula is C37H56N4O5. The normalized spacial score (nSPS) is 25.6. The molecule has 0 saturated carbocycles. The number of rotatable bonds is 5. The number of amides is 2. The summed E-state index contributed by atoms with van der Waals surface area (Å²) in [5.74, 6) is 1.82. The second-order valence-corrected chi connectivity index (χ2v) is 14.0. The summed E-state index contributed by atoms with van der Waals surface area (Å²) in [4.78, 5) is 33.1. The Morgan fingerprint density at radius 3 is 2.24 bits per heavy atom. The molecule has 2 amide bonds. The number of nitrogens with one attached hydrogen (secondary N) is 1. The van der Waals surface area contributed by atoms with Crippen LogP contribution in [0.25, 0.3) is 0 Å². The number of para-hydroxylation sites is 1. The molecule has 2 aromatic rings. The van der Waals surface area contributed by atoms with Crippen LogP contribution < -0.4 is 20.5 Å². The number of fused-ring (bicyclic) bond motifs is 2. The van der Waals surface area contributed by atoms with E-state index in [1.54, 1.807) is 36.9 Å². The number of hydrogen-bond donors (Lipinski definition) is 3. The lowest BCUT2D eigenvalue weighted by Gasteiger charge is -2.45. The maximum absolute atomic E-state index is 13.6. The van der Waals surface area contributed by atoms with Gasteiger partial charge in [0.05, 0.1) is 24.0 Å². The molecule has 9 heteroatoms. The van der Waals surface area contributed by atoms with Crippen molar-refractivity contribution >= 4 is 17.8 Å². The van der Waals surface area contributed by atoms with Crippen LogP contribution in [0, 0.1) is 5.92 Å². The quantitative estimate of drug-likeness (QED) is 0.322. The third kappa shape index (κ3) is 8.03. The lowest BCUT2D eigenvalue weighted by Crippen LogP contribution is -2.54. The second kappa shape index (κ2) is 14.4. The third-order valence-electron chi connectivity index (χ3n) is 8.95. The van der Waals surface area contributed by atoms with E-state index in [2.05, 4.69) is 31.1 Å². The summed E-state index contributed by atoms with van der Waals surface area (Å²) >= 11 is 0. The van der Waals surface area contributed by atoms with Crippen LogP contribution in [-0.2, 0) is 4.79 Å². The van der Waals surface area contributed by atoms with E-state index in [9.17, 15) is 14.7 Å². The van der Waals surface area contributed by atoms with E-state index in [1.165, 1.54) is 6.42 Å². The molecule has 46 heavy (non-hydrogen) atoms. The molecule has 0 aromatic heterocycles. The van der Waals surface area contributed by atoms with Gasteiger partial charge in [-0.25, -0.2) is 4.99 Å². The van der Waals surface area contributed by atoms with Crippen molar-refractivity contribution in [2.24, 2.45) is 16.6 Å². The van der Waals surface area contributed by atoms with E-state index < -0.39 is 34.9 Å². The number of carbonyl (C=O) groups excluding carboxylic acids is 2. The highest BCUT2D eigenvalue weighted by Crippen LogP contribution is 2.46. The first-order valence-corrected chi connectivity index (χ1v) is 16.8. The van der Waals surface area contributed by atoms with Crippen molar-refractivity contribution in [1.29, 1.82) is 0 Å². The molecule has 254 valence electrons. The van der Waals surface area contributed by atoms with Crippen molar-refractivity contribution < 1.29 is 24.2 Å². The van der Waals surface area contributed by atoms with Crippen LogP contribution in [0.1, 0.15) is 135 Å². The standard InChI is InChI=1S/C30H38N4O5.C5H12.C2H6/c1-7-30(6)15-20(34-23(35)16-28(2,3)33-27(34)31)19-14-17(12-13-22(19)39-30)26(37)32-24-18-10-8-9-11-21(18)38-29(4,5)25(24)36;1-4-5(2)3;1-2/h8-14,20,24-25,36H,7,15-16H2,1-6H3,(H2,31,33)(H,32,37);5H,4H2,1-3H3;1-2H3/t20?,24?,25-,30?;;/m0../s1. The number of aliphatic hydroxyl groups excluding tert-OH is 1. The molecule has 0 bridgehead atoms. The van der Waals surface area contributed by atoms with Crippen molar-refractivity contribution in [3.05, 3.63) is 59.2 Å². The van der Waals surface area contributed by atoms with Gasteiger partial charge < -0.3 is 25.6 Å². The Labute approximate surface area is 275 Å². The fourth-order valence-electron chi connectivity index (χ4n) is 5.76. The van der Waals surface area contributed by atoms with Crippen LogP contribution in [0.2, 0.25) is 0 Å². The summed E-state index contributed by atoms with van der Waals surface area (Å²) in [6, 6.07) is 11.5. The first kappa shape index (κ1) is 36.9. The number of carbonyl (C=O) groups is 2. The number of aliphatic imine (C=N–C) groups is 1. The van der Waals surface area contributed by atoms with Crippen molar-refractivity contribution in [1.82, 2.24) is 10.2 Å². The van der Waals surface area contributed by atoms with Gasteiger partial charge in [-0.3, -0.25) is 14.5 Å². The minimum atomic E-state index is -0.972. The van der Waals surface area contributed by atoms with Gasteiger partial charge in [0.25, 0.3) is 5.91 Å². The van der Waals surface area contributed by atoms with Gasteiger partial charge >= 0.3 is 0 Å². The van der Waals surface area contributed by atoms with Crippen molar-refractivity contribution in [3.8, 4) is 11.5 Å².